The number of aromatic nitrogens is 1. The molecule has 1 saturated heterocycles. The molecule has 0 spiro atoms. The van der Waals surface area contributed by atoms with Gasteiger partial charge in [-0.3, -0.25) is 9.78 Å². The Bertz CT molecular complexity index is 478. The fraction of sp³-hybridized carbons (Fsp3) is 0.625. The maximum absolute atomic E-state index is 12.7. The lowest BCUT2D eigenvalue weighted by Crippen LogP contribution is -2.50. The van der Waals surface area contributed by atoms with E-state index >= 15 is 0 Å². The lowest BCUT2D eigenvalue weighted by molar-refractivity contribution is 0.0624. The number of nitrogens with zero attached hydrogens (tertiary/aromatic N) is 2. The Hall–Kier alpha value is -1.62. The number of ether oxygens (including phenoxy) is 1. The van der Waals surface area contributed by atoms with Crippen LogP contribution in [0.3, 0.4) is 0 Å². The molecule has 21 heavy (non-hydrogen) atoms. The van der Waals surface area contributed by atoms with Crippen LogP contribution in [0.25, 0.3) is 0 Å². The predicted molar refractivity (Wildman–Crippen MR) is 82.6 cm³/mol. The van der Waals surface area contributed by atoms with E-state index in [0.29, 0.717) is 23.3 Å². The third-order valence-electron chi connectivity index (χ3n) is 4.25. The molecule has 1 aromatic heterocycles. The van der Waals surface area contributed by atoms with Crippen LogP contribution in [0, 0.1) is 5.92 Å². The van der Waals surface area contributed by atoms with Gasteiger partial charge in [-0.15, -0.1) is 0 Å². The molecule has 1 fully saturated rings. The Labute approximate surface area is 126 Å². The summed E-state index contributed by atoms with van der Waals surface area (Å²) in [4.78, 5) is 18.7. The van der Waals surface area contributed by atoms with Gasteiger partial charge in [0.1, 0.15) is 5.75 Å². The van der Waals surface area contributed by atoms with Gasteiger partial charge in [0.15, 0.2) is 0 Å². The van der Waals surface area contributed by atoms with Crippen LogP contribution in [-0.4, -0.2) is 48.6 Å². The first-order valence-electron chi connectivity index (χ1n) is 7.71. The summed E-state index contributed by atoms with van der Waals surface area (Å²) in [5.41, 5.74) is 0.601. The van der Waals surface area contributed by atoms with Crippen molar-refractivity contribution in [3.05, 3.63) is 24.0 Å². The number of nitrogens with one attached hydrogen (secondary N) is 1. The molecular weight excluding hydrogens is 266 g/mol. The van der Waals surface area contributed by atoms with E-state index in [4.69, 9.17) is 4.74 Å². The summed E-state index contributed by atoms with van der Waals surface area (Å²) in [6.45, 7) is 6.90. The van der Waals surface area contributed by atoms with E-state index in [2.05, 4.69) is 24.1 Å². The summed E-state index contributed by atoms with van der Waals surface area (Å²) >= 11 is 0. The molecule has 1 N–H and O–H groups in total. The van der Waals surface area contributed by atoms with Crippen LogP contribution in [0.4, 0.5) is 0 Å². The van der Waals surface area contributed by atoms with Crippen molar-refractivity contribution in [1.82, 2.24) is 15.2 Å². The average molecular weight is 291 g/mol. The molecule has 5 heteroatoms. The van der Waals surface area contributed by atoms with Gasteiger partial charge in [-0.2, -0.15) is 0 Å². The third kappa shape index (κ3) is 3.53. The molecule has 5 nitrogen and oxygen atoms in total. The van der Waals surface area contributed by atoms with E-state index in [0.717, 1.165) is 32.5 Å². The maximum Gasteiger partial charge on any atom is 0.257 e. The van der Waals surface area contributed by atoms with Gasteiger partial charge in [-0.1, -0.05) is 20.3 Å². The average Bonchev–Trinajstić information content (AvgIpc) is 2.54. The fourth-order valence-corrected chi connectivity index (χ4v) is 3.05. The number of methoxy groups -OCH3 is 1. The summed E-state index contributed by atoms with van der Waals surface area (Å²) in [7, 11) is 1.57. The summed E-state index contributed by atoms with van der Waals surface area (Å²) in [6, 6.07) is 2.25. The van der Waals surface area contributed by atoms with Gasteiger partial charge in [0, 0.05) is 25.3 Å². The largest absolute Gasteiger partial charge is 0.494 e. The molecule has 1 aromatic rings. The Kier molecular flexibility index (Phi) is 5.56. The smallest absolute Gasteiger partial charge is 0.257 e. The summed E-state index contributed by atoms with van der Waals surface area (Å²) in [5, 5.41) is 3.53. The fourth-order valence-electron chi connectivity index (χ4n) is 3.05. The molecule has 0 radical (unpaired) electrons. The molecule has 116 valence electrons. The van der Waals surface area contributed by atoms with E-state index in [9.17, 15) is 4.79 Å². The number of hydrogen-bond acceptors (Lipinski definition) is 4. The summed E-state index contributed by atoms with van der Waals surface area (Å²) < 4.78 is 5.25. The second kappa shape index (κ2) is 7.41. The van der Waals surface area contributed by atoms with Gasteiger partial charge in [-0.25, -0.2) is 0 Å². The van der Waals surface area contributed by atoms with Crippen LogP contribution in [-0.2, 0) is 0 Å². The van der Waals surface area contributed by atoms with Crippen molar-refractivity contribution in [3.8, 4) is 5.75 Å². The molecule has 2 rings (SSSR count). The first kappa shape index (κ1) is 15.8. The van der Waals surface area contributed by atoms with Crippen LogP contribution in [0.1, 0.15) is 37.0 Å². The quantitative estimate of drug-likeness (QED) is 0.901. The third-order valence-corrected chi connectivity index (χ3v) is 4.25. The number of pyridine rings is 1. The number of carbonyl (C=O) groups is 1. The van der Waals surface area contributed by atoms with Gasteiger partial charge in [0.25, 0.3) is 5.91 Å². The van der Waals surface area contributed by atoms with E-state index in [1.807, 2.05) is 4.90 Å². The van der Waals surface area contributed by atoms with Gasteiger partial charge >= 0.3 is 0 Å². The molecule has 1 aliphatic rings. The molecule has 0 aliphatic carbocycles. The Morgan fingerprint density at radius 3 is 3.00 bits per heavy atom. The van der Waals surface area contributed by atoms with Crippen molar-refractivity contribution in [2.24, 2.45) is 5.92 Å². The van der Waals surface area contributed by atoms with Crippen molar-refractivity contribution in [3.63, 3.8) is 0 Å². The van der Waals surface area contributed by atoms with Crippen molar-refractivity contribution < 1.29 is 9.53 Å². The lowest BCUT2D eigenvalue weighted by atomic mass is 9.89. The van der Waals surface area contributed by atoms with Crippen molar-refractivity contribution in [1.29, 1.82) is 0 Å². The molecule has 1 amide bonds. The van der Waals surface area contributed by atoms with Gasteiger partial charge < -0.3 is 15.0 Å². The number of amides is 1. The van der Waals surface area contributed by atoms with E-state index in [1.165, 1.54) is 0 Å². The molecule has 0 saturated carbocycles. The lowest BCUT2D eigenvalue weighted by Gasteiger charge is -2.38. The Morgan fingerprint density at radius 2 is 2.33 bits per heavy atom. The summed E-state index contributed by atoms with van der Waals surface area (Å²) in [6.07, 6.45) is 5.31. The minimum Gasteiger partial charge on any atom is -0.494 e. The Morgan fingerprint density at radius 1 is 1.52 bits per heavy atom. The predicted octanol–water partition coefficient (Wildman–Crippen LogP) is 1.94. The van der Waals surface area contributed by atoms with E-state index in [1.54, 1.807) is 25.6 Å². The highest BCUT2D eigenvalue weighted by Gasteiger charge is 2.31. The van der Waals surface area contributed by atoms with Crippen LogP contribution in [0.15, 0.2) is 18.5 Å². The first-order chi connectivity index (χ1) is 10.2. The molecule has 1 aliphatic heterocycles. The molecule has 0 aromatic carbocycles. The van der Waals surface area contributed by atoms with Crippen LogP contribution >= 0.6 is 0 Å². The van der Waals surface area contributed by atoms with Crippen LogP contribution < -0.4 is 10.1 Å². The zero-order valence-corrected chi connectivity index (χ0v) is 13.1. The first-order valence-corrected chi connectivity index (χ1v) is 7.71. The second-order valence-electron chi connectivity index (χ2n) is 5.45. The number of carbonyl (C=O) groups excluding carboxylic acids is 1. The highest BCUT2D eigenvalue weighted by molar-refractivity contribution is 5.96. The minimum atomic E-state index is 0.0441. The number of hydrogen-bond donors (Lipinski definition) is 1. The SMILES string of the molecule is CCNC1CCN(C(=O)c2ccncc2OC)CC1CC. The zero-order valence-electron chi connectivity index (χ0n) is 13.1. The van der Waals surface area contributed by atoms with E-state index in [-0.39, 0.29) is 5.91 Å². The normalized spacial score (nSPS) is 22.1. The van der Waals surface area contributed by atoms with Gasteiger partial charge in [0.2, 0.25) is 0 Å². The number of piperidine rings is 1. The molecule has 2 atom stereocenters. The summed E-state index contributed by atoms with van der Waals surface area (Å²) in [5.74, 6) is 1.10. The van der Waals surface area contributed by atoms with Crippen molar-refractivity contribution in [2.45, 2.75) is 32.7 Å². The highest BCUT2D eigenvalue weighted by atomic mass is 16.5. The minimum absolute atomic E-state index is 0.0441. The zero-order chi connectivity index (χ0) is 15.2. The molecular formula is C16H25N3O2. The number of rotatable bonds is 5. The highest BCUT2D eigenvalue weighted by Crippen LogP contribution is 2.24. The maximum atomic E-state index is 12.7. The second-order valence-corrected chi connectivity index (χ2v) is 5.45. The number of likely N-dealkylation sites (tertiary alicyclic amines) is 1. The molecule has 0 bridgehead atoms. The van der Waals surface area contributed by atoms with Crippen molar-refractivity contribution >= 4 is 5.91 Å². The molecule has 2 unspecified atom stereocenters. The molecule has 2 heterocycles. The van der Waals surface area contributed by atoms with Gasteiger partial charge in [-0.05, 0) is 24.9 Å². The standard InChI is InChI=1S/C16H25N3O2/c1-4-12-11-19(9-7-14(12)18-5-2)16(20)13-6-8-17-10-15(13)21-3/h6,8,10,12,14,18H,4-5,7,9,11H2,1-3H3. The van der Waals surface area contributed by atoms with E-state index < -0.39 is 0 Å². The topological polar surface area (TPSA) is 54.5 Å². The Balaban J connectivity index is 2.10. The van der Waals surface area contributed by atoms with Gasteiger partial charge in [0.05, 0.1) is 18.9 Å². The monoisotopic (exact) mass is 291 g/mol. The van der Waals surface area contributed by atoms with Crippen LogP contribution in [0.5, 0.6) is 5.75 Å². The van der Waals surface area contributed by atoms with Crippen molar-refractivity contribution in [2.75, 3.05) is 26.7 Å². The van der Waals surface area contributed by atoms with Crippen LogP contribution in [0.2, 0.25) is 0 Å².